The summed E-state index contributed by atoms with van der Waals surface area (Å²) >= 11 is 0. The van der Waals surface area contributed by atoms with Gasteiger partial charge in [0.1, 0.15) is 11.5 Å². The third-order valence-electron chi connectivity index (χ3n) is 2.94. The fourth-order valence-corrected chi connectivity index (χ4v) is 1.96. The van der Waals surface area contributed by atoms with Gasteiger partial charge >= 0.3 is 0 Å². The van der Waals surface area contributed by atoms with Crippen LogP contribution in [0.2, 0.25) is 0 Å². The zero-order valence-electron chi connectivity index (χ0n) is 10.3. The van der Waals surface area contributed by atoms with E-state index >= 15 is 0 Å². The molecule has 0 aliphatic heterocycles. The van der Waals surface area contributed by atoms with Crippen LogP contribution in [0.15, 0.2) is 36.4 Å². The van der Waals surface area contributed by atoms with Gasteiger partial charge in [-0.2, -0.15) is 0 Å². The first kappa shape index (κ1) is 10.7. The number of fused-ring (bicyclic) bond motifs is 1. The predicted octanol–water partition coefficient (Wildman–Crippen LogP) is 2.07. The molecule has 5 nitrogen and oxygen atoms in total. The maximum absolute atomic E-state index is 4.58. The van der Waals surface area contributed by atoms with Gasteiger partial charge < -0.3 is 9.88 Å². The molecular formula is C13H13N5. The second-order valence-corrected chi connectivity index (χ2v) is 4.04. The van der Waals surface area contributed by atoms with Crippen LogP contribution in [0, 0.1) is 0 Å². The highest BCUT2D eigenvalue weighted by molar-refractivity contribution is 5.79. The van der Waals surface area contributed by atoms with Crippen LogP contribution in [-0.2, 0) is 7.05 Å². The zero-order valence-corrected chi connectivity index (χ0v) is 10.3. The zero-order chi connectivity index (χ0) is 12.5. The lowest BCUT2D eigenvalue weighted by atomic mass is 10.3. The lowest BCUT2D eigenvalue weighted by molar-refractivity contribution is 0.931. The molecule has 0 aliphatic carbocycles. The van der Waals surface area contributed by atoms with E-state index in [-0.39, 0.29) is 0 Å². The lowest BCUT2D eigenvalue weighted by Crippen LogP contribution is -1.98. The highest BCUT2D eigenvalue weighted by Crippen LogP contribution is 2.21. The first-order valence-electron chi connectivity index (χ1n) is 5.73. The summed E-state index contributed by atoms with van der Waals surface area (Å²) in [6, 6.07) is 11.8. The summed E-state index contributed by atoms with van der Waals surface area (Å²) < 4.78 is 2.03. The van der Waals surface area contributed by atoms with E-state index in [0.717, 1.165) is 28.4 Å². The van der Waals surface area contributed by atoms with Gasteiger partial charge in [-0.3, -0.25) is 0 Å². The Hall–Kier alpha value is -2.43. The Morgan fingerprint density at radius 2 is 1.89 bits per heavy atom. The van der Waals surface area contributed by atoms with Gasteiger partial charge in [-0.1, -0.05) is 12.1 Å². The molecule has 3 rings (SSSR count). The molecule has 1 aromatic carbocycles. The van der Waals surface area contributed by atoms with E-state index in [4.69, 9.17) is 0 Å². The van der Waals surface area contributed by atoms with E-state index in [2.05, 4.69) is 20.5 Å². The van der Waals surface area contributed by atoms with Crippen LogP contribution < -0.4 is 5.32 Å². The summed E-state index contributed by atoms with van der Waals surface area (Å²) in [7, 11) is 3.80. The van der Waals surface area contributed by atoms with Crippen molar-refractivity contribution in [3.8, 4) is 11.5 Å². The van der Waals surface area contributed by atoms with Crippen molar-refractivity contribution in [2.24, 2.45) is 7.05 Å². The van der Waals surface area contributed by atoms with Crippen molar-refractivity contribution in [1.82, 2.24) is 19.7 Å². The Balaban J connectivity index is 2.15. The lowest BCUT2D eigenvalue weighted by Gasteiger charge is -2.02. The van der Waals surface area contributed by atoms with Crippen molar-refractivity contribution in [2.75, 3.05) is 12.4 Å². The fraction of sp³-hybridized carbons (Fsp3) is 0.154. The van der Waals surface area contributed by atoms with Crippen LogP contribution in [0.5, 0.6) is 0 Å². The predicted molar refractivity (Wildman–Crippen MR) is 71.3 cm³/mol. The van der Waals surface area contributed by atoms with Gasteiger partial charge in [-0.15, -0.1) is 10.2 Å². The van der Waals surface area contributed by atoms with E-state index in [1.165, 1.54) is 0 Å². The first-order valence-corrected chi connectivity index (χ1v) is 5.73. The number of aryl methyl sites for hydroxylation is 1. The molecule has 0 aliphatic rings. The smallest absolute Gasteiger partial charge is 0.161 e. The Kier molecular flexibility index (Phi) is 2.44. The third kappa shape index (κ3) is 1.60. The molecule has 0 saturated carbocycles. The topological polar surface area (TPSA) is 55.6 Å². The molecule has 18 heavy (non-hydrogen) atoms. The molecule has 0 atom stereocenters. The van der Waals surface area contributed by atoms with Gasteiger partial charge in [0.25, 0.3) is 0 Å². The number of imidazole rings is 1. The number of nitrogens with one attached hydrogen (secondary N) is 1. The van der Waals surface area contributed by atoms with Crippen LogP contribution >= 0.6 is 0 Å². The SMILES string of the molecule is CNc1ccc(-c2nc3ccccc3n2C)nn1. The number of rotatable bonds is 2. The number of aromatic nitrogens is 4. The van der Waals surface area contributed by atoms with Crippen molar-refractivity contribution in [1.29, 1.82) is 0 Å². The van der Waals surface area contributed by atoms with Gasteiger partial charge in [0, 0.05) is 14.1 Å². The van der Waals surface area contributed by atoms with Gasteiger partial charge in [0.05, 0.1) is 11.0 Å². The molecular weight excluding hydrogens is 226 g/mol. The molecule has 5 heteroatoms. The second-order valence-electron chi connectivity index (χ2n) is 4.04. The minimum atomic E-state index is 0.748. The first-order chi connectivity index (χ1) is 8.79. The van der Waals surface area contributed by atoms with Crippen LogP contribution in [0.3, 0.4) is 0 Å². The highest BCUT2D eigenvalue weighted by Gasteiger charge is 2.10. The van der Waals surface area contributed by atoms with Crippen molar-refractivity contribution < 1.29 is 0 Å². The molecule has 0 radical (unpaired) electrons. The molecule has 3 aromatic rings. The van der Waals surface area contributed by atoms with Crippen LogP contribution in [-0.4, -0.2) is 26.8 Å². The van der Waals surface area contributed by atoms with E-state index in [1.807, 2.05) is 55.1 Å². The Morgan fingerprint density at radius 3 is 2.56 bits per heavy atom. The summed E-state index contributed by atoms with van der Waals surface area (Å²) in [6.45, 7) is 0. The molecule has 2 heterocycles. The monoisotopic (exact) mass is 239 g/mol. The molecule has 1 N–H and O–H groups in total. The van der Waals surface area contributed by atoms with Crippen molar-refractivity contribution in [2.45, 2.75) is 0 Å². The molecule has 0 unspecified atom stereocenters. The molecule has 2 aromatic heterocycles. The summed E-state index contributed by atoms with van der Waals surface area (Å²) in [6.07, 6.45) is 0. The number of nitrogens with zero attached hydrogens (tertiary/aromatic N) is 4. The highest BCUT2D eigenvalue weighted by atomic mass is 15.2. The van der Waals surface area contributed by atoms with Crippen molar-refractivity contribution in [3.63, 3.8) is 0 Å². The molecule has 0 amide bonds. The largest absolute Gasteiger partial charge is 0.372 e. The number of benzene rings is 1. The Bertz CT molecular complexity index is 684. The third-order valence-corrected chi connectivity index (χ3v) is 2.94. The van der Waals surface area contributed by atoms with Crippen LogP contribution in [0.1, 0.15) is 0 Å². The average molecular weight is 239 g/mol. The minimum Gasteiger partial charge on any atom is -0.372 e. The van der Waals surface area contributed by atoms with Gasteiger partial charge in [-0.05, 0) is 24.3 Å². The maximum Gasteiger partial charge on any atom is 0.161 e. The molecule has 0 saturated heterocycles. The summed E-state index contributed by atoms with van der Waals surface area (Å²) in [4.78, 5) is 4.58. The summed E-state index contributed by atoms with van der Waals surface area (Å²) in [5, 5.41) is 11.2. The standard InChI is InChI=1S/C13H13N5/c1-14-12-8-7-10(16-17-12)13-15-9-5-3-4-6-11(9)18(13)2/h3-8H,1-2H3,(H,14,17). The van der Waals surface area contributed by atoms with E-state index in [9.17, 15) is 0 Å². The van der Waals surface area contributed by atoms with Crippen LogP contribution in [0.4, 0.5) is 5.82 Å². The molecule has 90 valence electrons. The second kappa shape index (κ2) is 4.10. The number of para-hydroxylation sites is 2. The average Bonchev–Trinajstić information content (AvgIpc) is 2.77. The van der Waals surface area contributed by atoms with Crippen molar-refractivity contribution >= 4 is 16.9 Å². The van der Waals surface area contributed by atoms with Gasteiger partial charge in [-0.25, -0.2) is 4.98 Å². The normalized spacial score (nSPS) is 10.8. The van der Waals surface area contributed by atoms with Crippen LogP contribution in [0.25, 0.3) is 22.6 Å². The van der Waals surface area contributed by atoms with E-state index in [0.29, 0.717) is 0 Å². The minimum absolute atomic E-state index is 0.748. The Morgan fingerprint density at radius 1 is 1.06 bits per heavy atom. The molecule has 0 spiro atoms. The van der Waals surface area contributed by atoms with Crippen molar-refractivity contribution in [3.05, 3.63) is 36.4 Å². The fourth-order valence-electron chi connectivity index (χ4n) is 1.96. The maximum atomic E-state index is 4.58. The molecule has 0 bridgehead atoms. The summed E-state index contributed by atoms with van der Waals surface area (Å²) in [5.74, 6) is 1.57. The van der Waals surface area contributed by atoms with Gasteiger partial charge in [0.2, 0.25) is 0 Å². The Labute approximate surface area is 104 Å². The van der Waals surface area contributed by atoms with Gasteiger partial charge in [0.15, 0.2) is 5.82 Å². The number of hydrogen-bond donors (Lipinski definition) is 1. The number of anilines is 1. The summed E-state index contributed by atoms with van der Waals surface area (Å²) in [5.41, 5.74) is 2.83. The van der Waals surface area contributed by atoms with E-state index in [1.54, 1.807) is 0 Å². The van der Waals surface area contributed by atoms with E-state index < -0.39 is 0 Å². The molecule has 0 fully saturated rings. The number of hydrogen-bond acceptors (Lipinski definition) is 4. The quantitative estimate of drug-likeness (QED) is 0.743.